The molecule has 1 atom stereocenters. The number of hydrogen-bond donors (Lipinski definition) is 1. The number of methoxy groups -OCH3 is 1. The van der Waals surface area contributed by atoms with Gasteiger partial charge in [-0.1, -0.05) is 6.07 Å². The van der Waals surface area contributed by atoms with Crippen molar-refractivity contribution < 1.29 is 4.74 Å². The van der Waals surface area contributed by atoms with Crippen LogP contribution in [0, 0.1) is 0 Å². The predicted octanol–water partition coefficient (Wildman–Crippen LogP) is 2.34. The third kappa shape index (κ3) is 1.75. The van der Waals surface area contributed by atoms with E-state index < -0.39 is 0 Å². The zero-order valence-corrected chi connectivity index (χ0v) is 8.62. The van der Waals surface area contributed by atoms with E-state index in [1.165, 1.54) is 30.4 Å². The second kappa shape index (κ2) is 4.01. The van der Waals surface area contributed by atoms with Crippen LogP contribution in [-0.4, -0.2) is 13.7 Å². The molecule has 0 saturated carbocycles. The van der Waals surface area contributed by atoms with Crippen LogP contribution in [0.2, 0.25) is 0 Å². The maximum atomic E-state index is 5.80. The summed E-state index contributed by atoms with van der Waals surface area (Å²) in [5.41, 5.74) is 9.52. The van der Waals surface area contributed by atoms with Crippen LogP contribution in [0.5, 0.6) is 0 Å². The van der Waals surface area contributed by atoms with Crippen molar-refractivity contribution in [3.63, 3.8) is 0 Å². The Labute approximate surface area is 85.1 Å². The van der Waals surface area contributed by atoms with Crippen LogP contribution >= 0.6 is 0 Å². The predicted molar refractivity (Wildman–Crippen MR) is 58.4 cm³/mol. The molecule has 2 heteroatoms. The lowest BCUT2D eigenvalue weighted by atomic mass is 9.83. The van der Waals surface area contributed by atoms with Crippen LogP contribution in [-0.2, 0) is 11.2 Å². The lowest BCUT2D eigenvalue weighted by Crippen LogP contribution is -2.14. The number of benzene rings is 1. The molecular formula is C12H17NO. The molecule has 14 heavy (non-hydrogen) atoms. The Morgan fingerprint density at radius 3 is 3.14 bits per heavy atom. The van der Waals surface area contributed by atoms with Gasteiger partial charge in [0.05, 0.1) is 6.61 Å². The Morgan fingerprint density at radius 1 is 1.50 bits per heavy atom. The average Bonchev–Trinajstić information content (AvgIpc) is 2.19. The van der Waals surface area contributed by atoms with Gasteiger partial charge in [-0.2, -0.15) is 0 Å². The van der Waals surface area contributed by atoms with Gasteiger partial charge in [0.15, 0.2) is 0 Å². The Morgan fingerprint density at radius 2 is 2.36 bits per heavy atom. The summed E-state index contributed by atoms with van der Waals surface area (Å²) in [6.45, 7) is 0.816. The van der Waals surface area contributed by atoms with Gasteiger partial charge in [-0.3, -0.25) is 0 Å². The van der Waals surface area contributed by atoms with Crippen molar-refractivity contribution in [1.82, 2.24) is 0 Å². The highest BCUT2D eigenvalue weighted by atomic mass is 16.5. The van der Waals surface area contributed by atoms with Gasteiger partial charge in [-0.15, -0.1) is 0 Å². The van der Waals surface area contributed by atoms with E-state index in [1.54, 1.807) is 7.11 Å². The molecule has 1 unspecified atom stereocenters. The number of nitrogen functional groups attached to an aromatic ring is 1. The van der Waals surface area contributed by atoms with Gasteiger partial charge in [0.2, 0.25) is 0 Å². The van der Waals surface area contributed by atoms with Crippen LogP contribution < -0.4 is 5.73 Å². The molecule has 1 aliphatic carbocycles. The van der Waals surface area contributed by atoms with Crippen molar-refractivity contribution in [2.24, 2.45) is 0 Å². The minimum Gasteiger partial charge on any atom is -0.399 e. The van der Waals surface area contributed by atoms with E-state index in [0.717, 1.165) is 12.3 Å². The van der Waals surface area contributed by atoms with Gasteiger partial charge in [-0.05, 0) is 42.5 Å². The fourth-order valence-corrected chi connectivity index (χ4v) is 2.29. The van der Waals surface area contributed by atoms with E-state index in [0.29, 0.717) is 5.92 Å². The number of aryl methyl sites for hydroxylation is 1. The first kappa shape index (κ1) is 9.53. The van der Waals surface area contributed by atoms with Crippen LogP contribution in [0.25, 0.3) is 0 Å². The summed E-state index contributed by atoms with van der Waals surface area (Å²) in [6.07, 6.45) is 3.69. The third-order valence-corrected chi connectivity index (χ3v) is 2.98. The molecule has 0 bridgehead atoms. The molecule has 0 amide bonds. The topological polar surface area (TPSA) is 35.2 Å². The maximum absolute atomic E-state index is 5.80. The van der Waals surface area contributed by atoms with Crippen LogP contribution in [0.4, 0.5) is 5.69 Å². The van der Waals surface area contributed by atoms with Crippen molar-refractivity contribution >= 4 is 5.69 Å². The Balaban J connectivity index is 2.32. The lowest BCUT2D eigenvalue weighted by Gasteiger charge is -2.25. The Hall–Kier alpha value is -1.02. The van der Waals surface area contributed by atoms with E-state index in [4.69, 9.17) is 10.5 Å². The molecular weight excluding hydrogens is 174 g/mol. The molecule has 0 radical (unpaired) electrons. The summed E-state index contributed by atoms with van der Waals surface area (Å²) >= 11 is 0. The second-order valence-corrected chi connectivity index (χ2v) is 4.00. The maximum Gasteiger partial charge on any atom is 0.0531 e. The minimum absolute atomic E-state index is 0.548. The summed E-state index contributed by atoms with van der Waals surface area (Å²) in [5, 5.41) is 0. The first-order valence-electron chi connectivity index (χ1n) is 5.18. The zero-order chi connectivity index (χ0) is 9.97. The smallest absolute Gasteiger partial charge is 0.0531 e. The number of fused-ring (bicyclic) bond motifs is 1. The molecule has 1 aromatic carbocycles. The van der Waals surface area contributed by atoms with E-state index >= 15 is 0 Å². The highest BCUT2D eigenvalue weighted by Crippen LogP contribution is 2.32. The van der Waals surface area contributed by atoms with Gasteiger partial charge in [0, 0.05) is 18.7 Å². The highest BCUT2D eigenvalue weighted by molar-refractivity contribution is 5.47. The van der Waals surface area contributed by atoms with E-state index in [9.17, 15) is 0 Å². The monoisotopic (exact) mass is 191 g/mol. The average molecular weight is 191 g/mol. The molecule has 0 aromatic heterocycles. The minimum atomic E-state index is 0.548. The third-order valence-electron chi connectivity index (χ3n) is 2.98. The Kier molecular flexibility index (Phi) is 2.73. The van der Waals surface area contributed by atoms with Crippen molar-refractivity contribution in [3.05, 3.63) is 29.3 Å². The number of ether oxygens (including phenoxy) is 1. The zero-order valence-electron chi connectivity index (χ0n) is 8.62. The van der Waals surface area contributed by atoms with Crippen molar-refractivity contribution in [3.8, 4) is 0 Å². The molecule has 0 heterocycles. The summed E-state index contributed by atoms with van der Waals surface area (Å²) < 4.78 is 5.24. The largest absolute Gasteiger partial charge is 0.399 e. The van der Waals surface area contributed by atoms with Crippen LogP contribution in [0.1, 0.15) is 29.9 Å². The molecule has 2 rings (SSSR count). The Bertz CT molecular complexity index is 322. The number of rotatable bonds is 2. The molecule has 0 spiro atoms. The van der Waals surface area contributed by atoms with Gasteiger partial charge in [0.1, 0.15) is 0 Å². The molecule has 76 valence electrons. The van der Waals surface area contributed by atoms with Crippen LogP contribution in [0.3, 0.4) is 0 Å². The van der Waals surface area contributed by atoms with Gasteiger partial charge in [0.25, 0.3) is 0 Å². The van der Waals surface area contributed by atoms with Crippen molar-refractivity contribution in [2.75, 3.05) is 19.5 Å². The summed E-state index contributed by atoms with van der Waals surface area (Å²) in [6, 6.07) is 6.26. The van der Waals surface area contributed by atoms with Crippen molar-refractivity contribution in [2.45, 2.75) is 25.2 Å². The normalized spacial score (nSPS) is 20.5. The molecule has 1 aromatic rings. The fourth-order valence-electron chi connectivity index (χ4n) is 2.29. The van der Waals surface area contributed by atoms with Gasteiger partial charge >= 0.3 is 0 Å². The first-order chi connectivity index (χ1) is 6.81. The van der Waals surface area contributed by atoms with Gasteiger partial charge < -0.3 is 10.5 Å². The summed E-state index contributed by atoms with van der Waals surface area (Å²) in [5.74, 6) is 0.548. The summed E-state index contributed by atoms with van der Waals surface area (Å²) in [7, 11) is 1.76. The van der Waals surface area contributed by atoms with Crippen molar-refractivity contribution in [1.29, 1.82) is 0 Å². The number of hydrogen-bond acceptors (Lipinski definition) is 2. The lowest BCUT2D eigenvalue weighted by molar-refractivity contribution is 0.172. The SMILES string of the molecule is COCC1CCCc2ccc(N)cc21. The highest BCUT2D eigenvalue weighted by Gasteiger charge is 2.19. The molecule has 2 N–H and O–H groups in total. The fraction of sp³-hybridized carbons (Fsp3) is 0.500. The molecule has 0 saturated heterocycles. The van der Waals surface area contributed by atoms with Gasteiger partial charge in [-0.25, -0.2) is 0 Å². The quantitative estimate of drug-likeness (QED) is 0.728. The first-order valence-corrected chi connectivity index (χ1v) is 5.18. The molecule has 2 nitrogen and oxygen atoms in total. The molecule has 0 fully saturated rings. The van der Waals surface area contributed by atoms with E-state index in [-0.39, 0.29) is 0 Å². The van der Waals surface area contributed by atoms with Crippen LogP contribution in [0.15, 0.2) is 18.2 Å². The second-order valence-electron chi connectivity index (χ2n) is 4.00. The standard InChI is InChI=1S/C12H17NO/c1-14-8-10-4-2-3-9-5-6-11(13)7-12(9)10/h5-7,10H,2-4,8,13H2,1H3. The van der Waals surface area contributed by atoms with E-state index in [2.05, 4.69) is 12.1 Å². The van der Waals surface area contributed by atoms with E-state index in [1.807, 2.05) is 6.07 Å². The molecule has 0 aliphatic heterocycles. The molecule has 1 aliphatic rings. The number of anilines is 1. The summed E-state index contributed by atoms with van der Waals surface area (Å²) in [4.78, 5) is 0. The number of nitrogens with two attached hydrogens (primary N) is 1.